The molecule has 2 aromatic carbocycles. The van der Waals surface area contributed by atoms with Crippen molar-refractivity contribution in [2.75, 3.05) is 0 Å². The lowest BCUT2D eigenvalue weighted by atomic mass is 10.0. The Morgan fingerprint density at radius 1 is 1.15 bits per heavy atom. The Morgan fingerprint density at radius 3 is 2.40 bits per heavy atom. The number of rotatable bonds is 3. The highest BCUT2D eigenvalue weighted by atomic mass is 79.9. The second-order valence-corrected chi connectivity index (χ2v) is 5.35. The minimum absolute atomic E-state index is 0.0408. The average Bonchev–Trinajstić information content (AvgIpc) is 2.40. The van der Waals surface area contributed by atoms with Crippen molar-refractivity contribution in [3.63, 3.8) is 0 Å². The van der Waals surface area contributed by atoms with Gasteiger partial charge in [-0.2, -0.15) is 0 Å². The third-order valence-electron chi connectivity index (χ3n) is 2.88. The first kappa shape index (κ1) is 14.3. The van der Waals surface area contributed by atoms with Gasteiger partial charge in [0.15, 0.2) is 0 Å². The maximum atomic E-state index is 11.4. The first-order valence-corrected chi connectivity index (χ1v) is 6.77. The Morgan fingerprint density at radius 2 is 1.80 bits per heavy atom. The molecule has 0 spiro atoms. The van der Waals surface area contributed by atoms with Crippen molar-refractivity contribution < 1.29 is 15.0 Å². The number of halogens is 1. The van der Waals surface area contributed by atoms with Gasteiger partial charge < -0.3 is 10.2 Å². The third-order valence-corrected chi connectivity index (χ3v) is 3.38. The van der Waals surface area contributed by atoms with E-state index in [4.69, 9.17) is 0 Å². The maximum absolute atomic E-state index is 11.4. The summed E-state index contributed by atoms with van der Waals surface area (Å²) in [6.07, 6.45) is 1.47. The van der Waals surface area contributed by atoms with Crippen LogP contribution in [-0.4, -0.2) is 16.2 Å². The molecule has 0 saturated carbocycles. The Bertz CT molecular complexity index is 673. The smallest absolute Gasteiger partial charge is 0.336 e. The van der Waals surface area contributed by atoms with Crippen LogP contribution in [0.3, 0.4) is 0 Å². The third kappa shape index (κ3) is 3.27. The van der Waals surface area contributed by atoms with Gasteiger partial charge in [-0.1, -0.05) is 45.8 Å². The van der Waals surface area contributed by atoms with Crippen LogP contribution < -0.4 is 0 Å². The molecule has 0 atom stereocenters. The van der Waals surface area contributed by atoms with Crippen LogP contribution in [0.25, 0.3) is 11.6 Å². The quantitative estimate of drug-likeness (QED) is 0.657. The van der Waals surface area contributed by atoms with Crippen LogP contribution in [0.4, 0.5) is 0 Å². The van der Waals surface area contributed by atoms with Crippen LogP contribution >= 0.6 is 15.9 Å². The summed E-state index contributed by atoms with van der Waals surface area (Å²) in [5.74, 6) is -0.993. The van der Waals surface area contributed by atoms with E-state index in [1.807, 2.05) is 19.1 Å². The zero-order valence-electron chi connectivity index (χ0n) is 10.8. The SMILES string of the molecule is Cc1ccc(/C(=C/c2cc(Br)ccc2O)C(=O)O)cc1. The molecular weight excluding hydrogens is 320 g/mol. The normalized spacial score (nSPS) is 11.4. The molecule has 0 aliphatic carbocycles. The first-order valence-electron chi connectivity index (χ1n) is 5.98. The second-order valence-electron chi connectivity index (χ2n) is 4.43. The van der Waals surface area contributed by atoms with E-state index >= 15 is 0 Å². The van der Waals surface area contributed by atoms with Gasteiger partial charge >= 0.3 is 5.97 Å². The average molecular weight is 333 g/mol. The number of benzene rings is 2. The van der Waals surface area contributed by atoms with E-state index in [1.54, 1.807) is 24.3 Å². The zero-order valence-corrected chi connectivity index (χ0v) is 12.4. The monoisotopic (exact) mass is 332 g/mol. The van der Waals surface area contributed by atoms with E-state index in [-0.39, 0.29) is 11.3 Å². The molecule has 0 heterocycles. The largest absolute Gasteiger partial charge is 0.507 e. The summed E-state index contributed by atoms with van der Waals surface area (Å²) in [7, 11) is 0. The lowest BCUT2D eigenvalue weighted by Gasteiger charge is -2.05. The van der Waals surface area contributed by atoms with Gasteiger partial charge in [0.05, 0.1) is 5.57 Å². The standard InChI is InChI=1S/C16H13BrO3/c1-10-2-4-11(5-3-10)14(16(19)20)9-12-8-13(17)6-7-15(12)18/h2-9,18H,1H3,(H,19,20)/b14-9-. The highest BCUT2D eigenvalue weighted by Crippen LogP contribution is 2.27. The van der Waals surface area contributed by atoms with Crippen molar-refractivity contribution in [1.82, 2.24) is 0 Å². The molecule has 20 heavy (non-hydrogen) atoms. The van der Waals surface area contributed by atoms with Crippen molar-refractivity contribution in [2.24, 2.45) is 0 Å². The van der Waals surface area contributed by atoms with E-state index in [0.717, 1.165) is 10.0 Å². The van der Waals surface area contributed by atoms with Gasteiger partial charge in [0.2, 0.25) is 0 Å². The second kappa shape index (κ2) is 5.92. The maximum Gasteiger partial charge on any atom is 0.336 e. The lowest BCUT2D eigenvalue weighted by Crippen LogP contribution is -1.99. The number of carboxylic acids is 1. The molecule has 2 rings (SSSR count). The number of aromatic hydroxyl groups is 1. The molecule has 0 unspecified atom stereocenters. The highest BCUT2D eigenvalue weighted by Gasteiger charge is 2.11. The molecule has 0 radical (unpaired) electrons. The van der Waals surface area contributed by atoms with Crippen molar-refractivity contribution >= 4 is 33.5 Å². The molecule has 3 nitrogen and oxygen atoms in total. The van der Waals surface area contributed by atoms with Gasteiger partial charge in [-0.3, -0.25) is 0 Å². The van der Waals surface area contributed by atoms with Crippen LogP contribution in [0.5, 0.6) is 5.75 Å². The van der Waals surface area contributed by atoms with Gasteiger partial charge in [-0.05, 0) is 36.8 Å². The number of phenolic OH excluding ortho intramolecular Hbond substituents is 1. The fourth-order valence-electron chi connectivity index (χ4n) is 1.80. The van der Waals surface area contributed by atoms with Gasteiger partial charge in [-0.15, -0.1) is 0 Å². The molecule has 2 aromatic rings. The molecule has 0 amide bonds. The first-order chi connectivity index (χ1) is 9.47. The molecule has 4 heteroatoms. The Balaban J connectivity index is 2.53. The fourth-order valence-corrected chi connectivity index (χ4v) is 2.18. The van der Waals surface area contributed by atoms with E-state index in [1.165, 1.54) is 12.1 Å². The molecule has 2 N–H and O–H groups in total. The number of phenols is 1. The molecule has 0 aliphatic rings. The summed E-state index contributed by atoms with van der Waals surface area (Å²) in [5, 5.41) is 19.2. The van der Waals surface area contributed by atoms with Crippen LogP contribution in [0.1, 0.15) is 16.7 Å². The van der Waals surface area contributed by atoms with Crippen molar-refractivity contribution in [3.05, 3.63) is 63.6 Å². The van der Waals surface area contributed by atoms with Crippen molar-refractivity contribution in [2.45, 2.75) is 6.92 Å². The molecule has 0 aliphatic heterocycles. The van der Waals surface area contributed by atoms with Crippen LogP contribution in [0, 0.1) is 6.92 Å². The summed E-state index contributed by atoms with van der Waals surface area (Å²) in [4.78, 5) is 11.4. The number of carbonyl (C=O) groups is 1. The summed E-state index contributed by atoms with van der Waals surface area (Å²) in [6, 6.07) is 12.1. The summed E-state index contributed by atoms with van der Waals surface area (Å²) >= 11 is 3.30. The number of aryl methyl sites for hydroxylation is 1. The molecule has 0 bridgehead atoms. The van der Waals surface area contributed by atoms with Crippen LogP contribution in [0.2, 0.25) is 0 Å². The lowest BCUT2D eigenvalue weighted by molar-refractivity contribution is -0.130. The van der Waals surface area contributed by atoms with Crippen molar-refractivity contribution in [3.8, 4) is 5.75 Å². The number of carboxylic acid groups (broad SMARTS) is 1. The molecular formula is C16H13BrO3. The Hall–Kier alpha value is -2.07. The van der Waals surface area contributed by atoms with Gasteiger partial charge in [0.25, 0.3) is 0 Å². The topological polar surface area (TPSA) is 57.5 Å². The summed E-state index contributed by atoms with van der Waals surface area (Å²) < 4.78 is 0.773. The highest BCUT2D eigenvalue weighted by molar-refractivity contribution is 9.10. The Labute approximate surface area is 125 Å². The summed E-state index contributed by atoms with van der Waals surface area (Å²) in [5.41, 5.74) is 2.25. The molecule has 0 fully saturated rings. The fraction of sp³-hybridized carbons (Fsp3) is 0.0625. The van der Waals surface area contributed by atoms with Gasteiger partial charge in [0.1, 0.15) is 5.75 Å². The molecule has 0 aromatic heterocycles. The number of hydrogen-bond donors (Lipinski definition) is 2. The van der Waals surface area contributed by atoms with E-state index in [2.05, 4.69) is 15.9 Å². The number of aliphatic carboxylic acids is 1. The predicted molar refractivity (Wildman–Crippen MR) is 82.5 cm³/mol. The molecule has 0 saturated heterocycles. The van der Waals surface area contributed by atoms with Gasteiger partial charge in [0, 0.05) is 10.0 Å². The molecule has 102 valence electrons. The van der Waals surface area contributed by atoms with E-state index in [9.17, 15) is 15.0 Å². The Kier molecular flexibility index (Phi) is 4.25. The van der Waals surface area contributed by atoms with Crippen molar-refractivity contribution in [1.29, 1.82) is 0 Å². The van der Waals surface area contributed by atoms with E-state index in [0.29, 0.717) is 11.1 Å². The minimum atomic E-state index is -1.03. The van der Waals surface area contributed by atoms with Crippen LogP contribution in [-0.2, 0) is 4.79 Å². The van der Waals surface area contributed by atoms with E-state index < -0.39 is 5.97 Å². The zero-order chi connectivity index (χ0) is 14.7. The van der Waals surface area contributed by atoms with Gasteiger partial charge in [-0.25, -0.2) is 4.79 Å². The number of hydrogen-bond acceptors (Lipinski definition) is 2. The van der Waals surface area contributed by atoms with Crippen LogP contribution in [0.15, 0.2) is 46.9 Å². The predicted octanol–water partition coefficient (Wildman–Crippen LogP) is 4.09. The minimum Gasteiger partial charge on any atom is -0.507 e. The summed E-state index contributed by atoms with van der Waals surface area (Å²) in [6.45, 7) is 1.94.